The highest BCUT2D eigenvalue weighted by molar-refractivity contribution is 14.0. The Morgan fingerprint density at radius 2 is 0.619 bits per heavy atom. The summed E-state index contributed by atoms with van der Waals surface area (Å²) in [5.74, 6) is -2.58. The zero-order valence-corrected chi connectivity index (χ0v) is 29.1. The van der Waals surface area contributed by atoms with E-state index in [4.69, 9.17) is 47.8 Å². The summed E-state index contributed by atoms with van der Waals surface area (Å²) in [6.07, 6.45) is 0.820. The Kier molecular flexibility index (Phi) is 24.1. The highest BCUT2D eigenvalue weighted by Crippen LogP contribution is 2.12. The molecule has 3 rings (SSSR count). The van der Waals surface area contributed by atoms with Crippen LogP contribution in [0, 0.1) is 0 Å². The number of carboxylic acids is 3. The molecule has 3 atom stereocenters. The van der Waals surface area contributed by atoms with Crippen molar-refractivity contribution in [3.8, 4) is 17.2 Å². The van der Waals surface area contributed by atoms with Gasteiger partial charge in [-0.3, -0.25) is 14.4 Å². The second-order valence-electron chi connectivity index (χ2n) is 8.45. The van der Waals surface area contributed by atoms with E-state index in [1.165, 1.54) is 36.4 Å². The maximum atomic E-state index is 10.4. The highest BCUT2D eigenvalue weighted by Gasteiger charge is 2.13. The van der Waals surface area contributed by atoms with Crippen molar-refractivity contribution in [2.75, 3.05) is 0 Å². The molecule has 12 N–H and O–H groups in total. The summed E-state index contributed by atoms with van der Waals surface area (Å²) in [7, 11) is 0. The summed E-state index contributed by atoms with van der Waals surface area (Å²) in [5.41, 5.74) is 18.4. The Morgan fingerprint density at radius 1 is 0.452 bits per heavy atom. The van der Waals surface area contributed by atoms with Crippen LogP contribution in [0.3, 0.4) is 0 Å². The van der Waals surface area contributed by atoms with Crippen LogP contribution in [0.2, 0.25) is 0 Å². The van der Waals surface area contributed by atoms with E-state index in [-0.39, 0.29) is 108 Å². The first kappa shape index (κ1) is 44.0. The van der Waals surface area contributed by atoms with Gasteiger partial charge in [0.1, 0.15) is 35.4 Å². The lowest BCUT2D eigenvalue weighted by atomic mass is 10.1. The van der Waals surface area contributed by atoms with Gasteiger partial charge in [0.25, 0.3) is 0 Å². The molecule has 0 amide bonds. The van der Waals surface area contributed by atoms with E-state index >= 15 is 0 Å². The molecule has 42 heavy (non-hydrogen) atoms. The molecule has 3 unspecified atom stereocenters. The van der Waals surface area contributed by atoms with Gasteiger partial charge in [0.05, 0.1) is 0 Å². The van der Waals surface area contributed by atoms with Gasteiger partial charge in [0, 0.05) is 0 Å². The molecule has 0 bridgehead atoms. The van der Waals surface area contributed by atoms with Crippen molar-refractivity contribution >= 4 is 89.8 Å². The van der Waals surface area contributed by atoms with Gasteiger partial charge in [-0.2, -0.15) is 0 Å². The Balaban J connectivity index is -0.000000524. The number of halogens is 3. The van der Waals surface area contributed by atoms with E-state index in [1.54, 1.807) is 36.4 Å². The van der Waals surface area contributed by atoms with Crippen LogP contribution in [-0.2, 0) is 33.6 Å². The Hall–Kier alpha value is -2.46. The molecule has 3 aromatic rings. The summed E-state index contributed by atoms with van der Waals surface area (Å²) in [5, 5.41) is 52.4. The molecule has 0 saturated carbocycles. The molecule has 0 fully saturated rings. The van der Waals surface area contributed by atoms with Crippen molar-refractivity contribution in [2.24, 2.45) is 17.2 Å². The van der Waals surface area contributed by atoms with Gasteiger partial charge < -0.3 is 47.8 Å². The summed E-state index contributed by atoms with van der Waals surface area (Å²) in [6, 6.07) is 16.3. The van der Waals surface area contributed by atoms with Gasteiger partial charge in [0.15, 0.2) is 0 Å². The number of phenolic OH excluding ortho intramolecular Hbond substituents is 3. The van der Waals surface area contributed by atoms with Crippen molar-refractivity contribution in [3.63, 3.8) is 0 Å². The van der Waals surface area contributed by atoms with Crippen molar-refractivity contribution in [1.29, 1.82) is 0 Å². The van der Waals surface area contributed by atoms with Crippen molar-refractivity contribution in [3.05, 3.63) is 89.5 Å². The van der Waals surface area contributed by atoms with E-state index in [2.05, 4.69) is 0 Å². The molecular formula is C27H36I3N3O9. The van der Waals surface area contributed by atoms with E-state index in [1.807, 2.05) is 0 Å². The molecule has 0 heterocycles. The second kappa shape index (κ2) is 23.1. The predicted octanol–water partition coefficient (Wildman–Crippen LogP) is 2.89. The number of hydrogen-bond acceptors (Lipinski definition) is 9. The van der Waals surface area contributed by atoms with Crippen LogP contribution in [0.15, 0.2) is 72.8 Å². The summed E-state index contributed by atoms with van der Waals surface area (Å²) in [4.78, 5) is 31.2. The summed E-state index contributed by atoms with van der Waals surface area (Å²) in [6.45, 7) is 0. The highest BCUT2D eigenvalue weighted by atomic mass is 127. The van der Waals surface area contributed by atoms with Gasteiger partial charge >= 0.3 is 17.9 Å². The van der Waals surface area contributed by atoms with E-state index in [9.17, 15) is 14.4 Å². The quantitative estimate of drug-likeness (QED) is 0.141. The summed E-state index contributed by atoms with van der Waals surface area (Å²) < 4.78 is 0. The Morgan fingerprint density at radius 3 is 0.762 bits per heavy atom. The first-order valence-corrected chi connectivity index (χ1v) is 11.6. The van der Waals surface area contributed by atoms with Crippen molar-refractivity contribution < 1.29 is 45.0 Å². The molecule has 0 aliphatic heterocycles. The fourth-order valence-corrected chi connectivity index (χ4v) is 2.92. The van der Waals surface area contributed by atoms with Crippen LogP contribution >= 0.6 is 71.9 Å². The van der Waals surface area contributed by atoms with E-state index < -0.39 is 36.0 Å². The molecule has 3 aromatic carbocycles. The minimum atomic E-state index is -1.02. The SMILES string of the molecule is I.I.I.NC(Cc1ccc(O)cc1)C(=O)O.NC(Cc1ccc(O)cc1)C(=O)O.NC(Cc1ccc(O)cc1)C(=O)O. The molecule has 0 aromatic heterocycles. The maximum Gasteiger partial charge on any atom is 0.320 e. The van der Waals surface area contributed by atoms with Gasteiger partial charge in [-0.15, -0.1) is 71.9 Å². The fraction of sp³-hybridized carbons (Fsp3) is 0.222. The normalized spacial score (nSPS) is 11.5. The smallest absolute Gasteiger partial charge is 0.320 e. The molecule has 0 saturated heterocycles. The fourth-order valence-electron chi connectivity index (χ4n) is 2.92. The Labute approximate surface area is 294 Å². The largest absolute Gasteiger partial charge is 0.508 e. The molecular weight excluding hydrogens is 891 g/mol. The van der Waals surface area contributed by atoms with Gasteiger partial charge in [-0.1, -0.05) is 36.4 Å². The molecule has 234 valence electrons. The lowest BCUT2D eigenvalue weighted by molar-refractivity contribution is -0.139. The lowest BCUT2D eigenvalue weighted by Crippen LogP contribution is -2.32. The number of carboxylic acid groups (broad SMARTS) is 3. The molecule has 0 spiro atoms. The van der Waals surface area contributed by atoms with Crippen LogP contribution in [-0.4, -0.2) is 66.7 Å². The average molecular weight is 927 g/mol. The number of aliphatic carboxylic acids is 3. The zero-order chi connectivity index (χ0) is 29.5. The molecule has 15 heteroatoms. The average Bonchev–Trinajstić information content (AvgIpc) is 2.88. The number of hydrogen-bond donors (Lipinski definition) is 9. The number of rotatable bonds is 9. The number of carbonyl (C=O) groups is 3. The first-order chi connectivity index (χ1) is 18.3. The number of benzene rings is 3. The van der Waals surface area contributed by atoms with Gasteiger partial charge in [-0.05, 0) is 72.4 Å². The zero-order valence-electron chi connectivity index (χ0n) is 22.1. The number of nitrogens with two attached hydrogens (primary N) is 3. The first-order valence-electron chi connectivity index (χ1n) is 11.6. The molecule has 0 radical (unpaired) electrons. The van der Waals surface area contributed by atoms with E-state index in [0.717, 1.165) is 16.7 Å². The lowest BCUT2D eigenvalue weighted by Gasteiger charge is -2.05. The van der Waals surface area contributed by atoms with Crippen molar-refractivity contribution in [1.82, 2.24) is 0 Å². The third-order valence-corrected chi connectivity index (χ3v) is 5.13. The van der Waals surface area contributed by atoms with Crippen LogP contribution in [0.25, 0.3) is 0 Å². The van der Waals surface area contributed by atoms with Crippen LogP contribution in [0.4, 0.5) is 0 Å². The minimum absolute atomic E-state index is 0. The summed E-state index contributed by atoms with van der Waals surface area (Å²) >= 11 is 0. The standard InChI is InChI=1S/3C9H11NO3.3HI/c3*10-8(9(12)13)5-6-1-3-7(11)4-2-6;;;/h3*1-4,8,11H,5,10H2,(H,12,13);3*1H. The monoisotopic (exact) mass is 927 g/mol. The van der Waals surface area contributed by atoms with E-state index in [0.29, 0.717) is 0 Å². The molecule has 0 aliphatic rings. The van der Waals surface area contributed by atoms with Crippen LogP contribution in [0.1, 0.15) is 16.7 Å². The minimum Gasteiger partial charge on any atom is -0.508 e. The number of aromatic hydroxyl groups is 3. The molecule has 0 aliphatic carbocycles. The topological polar surface area (TPSA) is 251 Å². The Bertz CT molecular complexity index is 1050. The third-order valence-electron chi connectivity index (χ3n) is 5.13. The van der Waals surface area contributed by atoms with Gasteiger partial charge in [-0.25, -0.2) is 0 Å². The maximum absolute atomic E-state index is 10.4. The van der Waals surface area contributed by atoms with Crippen molar-refractivity contribution in [2.45, 2.75) is 37.4 Å². The molecule has 12 nitrogen and oxygen atoms in total. The predicted molar refractivity (Wildman–Crippen MR) is 189 cm³/mol. The van der Waals surface area contributed by atoms with Gasteiger partial charge in [0.2, 0.25) is 0 Å². The van der Waals surface area contributed by atoms with Crippen LogP contribution in [0.5, 0.6) is 17.2 Å². The second-order valence-corrected chi connectivity index (χ2v) is 8.45. The van der Waals surface area contributed by atoms with Crippen LogP contribution < -0.4 is 17.2 Å². The number of phenols is 3. The third kappa shape index (κ3) is 18.9.